The number of amides is 2. The van der Waals surface area contributed by atoms with Crippen molar-refractivity contribution in [3.05, 3.63) is 35.4 Å². The van der Waals surface area contributed by atoms with Crippen molar-refractivity contribution in [1.82, 2.24) is 15.5 Å². The molecule has 31 heavy (non-hydrogen) atoms. The Bertz CT molecular complexity index is 800. The molecule has 0 spiro atoms. The van der Waals surface area contributed by atoms with Crippen molar-refractivity contribution in [1.29, 1.82) is 0 Å². The third kappa shape index (κ3) is 4.26. The van der Waals surface area contributed by atoms with Crippen molar-refractivity contribution in [3.63, 3.8) is 0 Å². The van der Waals surface area contributed by atoms with Gasteiger partial charge in [-0.3, -0.25) is 14.5 Å². The quantitative estimate of drug-likeness (QED) is 0.708. The summed E-state index contributed by atoms with van der Waals surface area (Å²) in [5, 5.41) is 6.10. The Morgan fingerprint density at radius 3 is 2.32 bits per heavy atom. The Hall–Kier alpha value is -1.88. The van der Waals surface area contributed by atoms with Crippen LogP contribution in [0.5, 0.6) is 0 Å². The zero-order chi connectivity index (χ0) is 21.4. The van der Waals surface area contributed by atoms with Gasteiger partial charge in [-0.1, -0.05) is 31.2 Å². The zero-order valence-corrected chi connectivity index (χ0v) is 18.9. The van der Waals surface area contributed by atoms with E-state index in [0.717, 1.165) is 62.9 Å². The molecule has 0 saturated heterocycles. The number of rotatable bonds is 7. The first-order chi connectivity index (χ1) is 15.0. The van der Waals surface area contributed by atoms with Gasteiger partial charge in [-0.05, 0) is 80.2 Å². The summed E-state index contributed by atoms with van der Waals surface area (Å²) in [7, 11) is 0. The van der Waals surface area contributed by atoms with Gasteiger partial charge in [0.2, 0.25) is 11.8 Å². The van der Waals surface area contributed by atoms with Gasteiger partial charge in [-0.2, -0.15) is 0 Å². The van der Waals surface area contributed by atoms with Crippen LogP contribution < -0.4 is 10.6 Å². The van der Waals surface area contributed by atoms with E-state index in [-0.39, 0.29) is 23.8 Å². The number of hydrogen-bond acceptors (Lipinski definition) is 3. The normalized spacial score (nSPS) is 32.4. The fourth-order valence-corrected chi connectivity index (χ4v) is 7.39. The molecule has 5 nitrogen and oxygen atoms in total. The molecule has 6 rings (SSSR count). The molecule has 2 amide bonds. The van der Waals surface area contributed by atoms with Crippen LogP contribution in [0.1, 0.15) is 63.0 Å². The van der Waals surface area contributed by atoms with E-state index in [2.05, 4.69) is 46.7 Å². The van der Waals surface area contributed by atoms with Gasteiger partial charge in [0.05, 0.1) is 6.54 Å². The number of carbonyl (C=O) groups excluding carboxylic acids is 2. The number of fused-ring (bicyclic) bond motifs is 1. The maximum absolute atomic E-state index is 13.1. The third-order valence-electron chi connectivity index (χ3n) is 8.61. The Kier molecular flexibility index (Phi) is 5.80. The summed E-state index contributed by atoms with van der Waals surface area (Å²) in [6.45, 7) is 4.93. The lowest BCUT2D eigenvalue weighted by molar-refractivity contribution is -0.147. The molecule has 0 aromatic heterocycles. The lowest BCUT2D eigenvalue weighted by atomic mass is 9.49. The predicted molar refractivity (Wildman–Crippen MR) is 121 cm³/mol. The summed E-state index contributed by atoms with van der Waals surface area (Å²) >= 11 is 0. The zero-order valence-electron chi connectivity index (χ0n) is 18.9. The topological polar surface area (TPSA) is 61.4 Å². The van der Waals surface area contributed by atoms with Crippen LogP contribution in [0.4, 0.5) is 0 Å². The fourth-order valence-electron chi connectivity index (χ4n) is 7.39. The smallest absolute Gasteiger partial charge is 0.239 e. The second-order valence-corrected chi connectivity index (χ2v) is 10.7. The molecule has 0 radical (unpaired) electrons. The number of carbonyl (C=O) groups is 2. The van der Waals surface area contributed by atoms with Crippen LogP contribution in [-0.4, -0.2) is 42.4 Å². The first kappa shape index (κ1) is 21.0. The molecule has 4 aliphatic carbocycles. The van der Waals surface area contributed by atoms with Gasteiger partial charge >= 0.3 is 0 Å². The van der Waals surface area contributed by atoms with Gasteiger partial charge in [0.25, 0.3) is 0 Å². The van der Waals surface area contributed by atoms with Crippen molar-refractivity contribution >= 4 is 11.8 Å². The van der Waals surface area contributed by atoms with E-state index in [1.807, 2.05) is 0 Å². The standard InChI is InChI=1S/C26H37N3O2/c1-2-23(29-8-7-21-5-3-4-6-22(21)17-29)15-27-24(30)16-28-25(31)26-12-18-9-19(13-26)11-20(10-18)14-26/h3-6,18-20,23H,2,7-17H2,1H3,(H,27,30)(H,28,31). The highest BCUT2D eigenvalue weighted by Gasteiger charge is 2.54. The minimum atomic E-state index is -0.178. The first-order valence-corrected chi connectivity index (χ1v) is 12.4. The van der Waals surface area contributed by atoms with Crippen LogP contribution >= 0.6 is 0 Å². The van der Waals surface area contributed by atoms with E-state index >= 15 is 0 Å². The summed E-state index contributed by atoms with van der Waals surface area (Å²) in [5.41, 5.74) is 2.67. The van der Waals surface area contributed by atoms with Gasteiger partial charge < -0.3 is 10.6 Å². The van der Waals surface area contributed by atoms with E-state index in [0.29, 0.717) is 12.6 Å². The van der Waals surface area contributed by atoms with Gasteiger partial charge in [-0.15, -0.1) is 0 Å². The predicted octanol–water partition coefficient (Wildman–Crippen LogP) is 3.27. The number of benzene rings is 1. The maximum atomic E-state index is 13.1. The monoisotopic (exact) mass is 423 g/mol. The Balaban J connectivity index is 1.10. The first-order valence-electron chi connectivity index (χ1n) is 12.4. The minimum Gasteiger partial charge on any atom is -0.353 e. The molecule has 5 heteroatoms. The molecule has 1 aromatic rings. The highest BCUT2D eigenvalue weighted by atomic mass is 16.2. The average molecular weight is 424 g/mol. The lowest BCUT2D eigenvalue weighted by Gasteiger charge is -2.55. The summed E-state index contributed by atoms with van der Waals surface area (Å²) in [4.78, 5) is 28.1. The van der Waals surface area contributed by atoms with E-state index in [1.54, 1.807) is 0 Å². The Labute approximate surface area is 186 Å². The van der Waals surface area contributed by atoms with E-state index < -0.39 is 0 Å². The number of nitrogens with zero attached hydrogens (tertiary/aromatic N) is 1. The summed E-state index contributed by atoms with van der Waals surface area (Å²) in [5.74, 6) is 2.30. The van der Waals surface area contributed by atoms with Crippen LogP contribution in [0, 0.1) is 23.2 Å². The summed E-state index contributed by atoms with van der Waals surface area (Å²) < 4.78 is 0. The Morgan fingerprint density at radius 1 is 1.03 bits per heavy atom. The number of nitrogens with one attached hydrogen (secondary N) is 2. The molecule has 1 atom stereocenters. The molecule has 4 fully saturated rings. The molecule has 1 heterocycles. The fraction of sp³-hybridized carbons (Fsp3) is 0.692. The summed E-state index contributed by atoms with van der Waals surface area (Å²) in [6, 6.07) is 8.99. The van der Waals surface area contributed by atoms with Crippen molar-refractivity contribution in [3.8, 4) is 0 Å². The molecule has 4 bridgehead atoms. The Morgan fingerprint density at radius 2 is 1.68 bits per heavy atom. The highest BCUT2D eigenvalue weighted by molar-refractivity contribution is 5.88. The van der Waals surface area contributed by atoms with Crippen LogP contribution in [0.2, 0.25) is 0 Å². The van der Waals surface area contributed by atoms with E-state index in [9.17, 15) is 9.59 Å². The second kappa shape index (κ2) is 8.57. The SMILES string of the molecule is CCC(CNC(=O)CNC(=O)C12CC3CC(CC(C3)C1)C2)N1CCc2ccccc2C1. The summed E-state index contributed by atoms with van der Waals surface area (Å²) in [6.07, 6.45) is 9.18. The molecular weight excluding hydrogens is 386 g/mol. The number of hydrogen-bond donors (Lipinski definition) is 2. The second-order valence-electron chi connectivity index (χ2n) is 10.7. The van der Waals surface area contributed by atoms with Crippen molar-refractivity contribution in [2.45, 2.75) is 70.9 Å². The van der Waals surface area contributed by atoms with Crippen LogP contribution in [-0.2, 0) is 22.6 Å². The molecule has 1 aromatic carbocycles. The molecule has 168 valence electrons. The van der Waals surface area contributed by atoms with Crippen molar-refractivity contribution in [2.75, 3.05) is 19.6 Å². The molecule has 4 saturated carbocycles. The third-order valence-corrected chi connectivity index (χ3v) is 8.61. The molecule has 2 N–H and O–H groups in total. The van der Waals surface area contributed by atoms with E-state index in [1.165, 1.54) is 30.4 Å². The van der Waals surface area contributed by atoms with Gasteiger partial charge in [0, 0.05) is 31.1 Å². The van der Waals surface area contributed by atoms with Crippen molar-refractivity contribution < 1.29 is 9.59 Å². The van der Waals surface area contributed by atoms with Crippen LogP contribution in [0.15, 0.2) is 24.3 Å². The minimum absolute atomic E-state index is 0.0612. The van der Waals surface area contributed by atoms with E-state index in [4.69, 9.17) is 0 Å². The van der Waals surface area contributed by atoms with Crippen LogP contribution in [0.25, 0.3) is 0 Å². The largest absolute Gasteiger partial charge is 0.353 e. The molecule has 1 aliphatic heterocycles. The van der Waals surface area contributed by atoms with Gasteiger partial charge in [-0.25, -0.2) is 0 Å². The maximum Gasteiger partial charge on any atom is 0.239 e. The molecule has 5 aliphatic rings. The highest BCUT2D eigenvalue weighted by Crippen LogP contribution is 2.60. The van der Waals surface area contributed by atoms with Gasteiger partial charge in [0.1, 0.15) is 0 Å². The average Bonchev–Trinajstić information content (AvgIpc) is 2.77. The van der Waals surface area contributed by atoms with Gasteiger partial charge in [0.15, 0.2) is 0 Å². The lowest BCUT2D eigenvalue weighted by Crippen LogP contribution is -2.55. The van der Waals surface area contributed by atoms with Crippen molar-refractivity contribution in [2.24, 2.45) is 23.2 Å². The molecular formula is C26H37N3O2. The molecule has 1 unspecified atom stereocenters. The van der Waals surface area contributed by atoms with Crippen LogP contribution in [0.3, 0.4) is 0 Å².